The van der Waals surface area contributed by atoms with Gasteiger partial charge in [-0.05, 0) is 36.6 Å². The highest BCUT2D eigenvalue weighted by molar-refractivity contribution is 8.00. The first-order chi connectivity index (χ1) is 12.3. The molecule has 25 heavy (non-hydrogen) atoms. The van der Waals surface area contributed by atoms with E-state index in [4.69, 9.17) is 4.84 Å². The van der Waals surface area contributed by atoms with Crippen molar-refractivity contribution < 1.29 is 4.84 Å². The highest BCUT2D eigenvalue weighted by Gasteiger charge is 2.34. The molecule has 7 heteroatoms. The van der Waals surface area contributed by atoms with E-state index < -0.39 is 0 Å². The number of hydrogen-bond donors (Lipinski definition) is 5. The first kappa shape index (κ1) is 17.7. The maximum absolute atomic E-state index is 5.77. The zero-order valence-electron chi connectivity index (χ0n) is 14.8. The van der Waals surface area contributed by atoms with Gasteiger partial charge in [-0.25, -0.2) is 0 Å². The van der Waals surface area contributed by atoms with Crippen LogP contribution in [0.3, 0.4) is 0 Å². The molecule has 3 aliphatic rings. The summed E-state index contributed by atoms with van der Waals surface area (Å²) < 4.78 is 0. The van der Waals surface area contributed by atoms with Crippen molar-refractivity contribution in [2.45, 2.75) is 49.6 Å². The molecule has 0 aliphatic carbocycles. The lowest BCUT2D eigenvalue weighted by Crippen LogP contribution is -2.55. The lowest BCUT2D eigenvalue weighted by molar-refractivity contribution is 0.0213. The van der Waals surface area contributed by atoms with Crippen LogP contribution >= 0.6 is 11.8 Å². The Balaban J connectivity index is 1.32. The number of benzene rings is 1. The van der Waals surface area contributed by atoms with E-state index in [1.165, 1.54) is 29.7 Å². The summed E-state index contributed by atoms with van der Waals surface area (Å²) in [6.07, 6.45) is 3.06. The minimum atomic E-state index is 0.0766. The molecule has 0 aromatic heterocycles. The van der Waals surface area contributed by atoms with Gasteiger partial charge in [0.25, 0.3) is 0 Å². The topological polar surface area (TPSA) is 69.4 Å². The second-order valence-electron chi connectivity index (χ2n) is 7.07. The summed E-state index contributed by atoms with van der Waals surface area (Å²) in [4.78, 5) is 5.77. The van der Waals surface area contributed by atoms with Gasteiger partial charge in [-0.3, -0.25) is 20.8 Å². The quantitative estimate of drug-likeness (QED) is 0.539. The van der Waals surface area contributed by atoms with Gasteiger partial charge in [0.1, 0.15) is 12.4 Å². The van der Waals surface area contributed by atoms with E-state index >= 15 is 0 Å². The Morgan fingerprint density at radius 2 is 2.12 bits per heavy atom. The van der Waals surface area contributed by atoms with Crippen LogP contribution in [0.25, 0.3) is 0 Å². The highest BCUT2D eigenvalue weighted by Crippen LogP contribution is 2.32. The molecule has 3 heterocycles. The van der Waals surface area contributed by atoms with Crippen LogP contribution in [-0.4, -0.2) is 43.0 Å². The zero-order valence-corrected chi connectivity index (χ0v) is 15.6. The lowest BCUT2D eigenvalue weighted by Gasteiger charge is -2.28. The Morgan fingerprint density at radius 3 is 2.84 bits per heavy atom. The summed E-state index contributed by atoms with van der Waals surface area (Å²) in [5, 5.41) is 14.7. The number of rotatable bonds is 5. The van der Waals surface area contributed by atoms with Crippen LogP contribution in [-0.2, 0) is 4.84 Å². The zero-order chi connectivity index (χ0) is 17.1. The SMILES string of the molecule is C[C@@H](NC1CNCCN1)c1ccc(C2NOC(C3CCCS3)N2)cc1. The van der Waals surface area contributed by atoms with E-state index in [-0.39, 0.29) is 12.4 Å². The third-order valence-electron chi connectivity index (χ3n) is 5.21. The van der Waals surface area contributed by atoms with Gasteiger partial charge in [-0.1, -0.05) is 24.3 Å². The Kier molecular flexibility index (Phi) is 5.92. The molecule has 0 bridgehead atoms. The largest absolute Gasteiger partial charge is 0.313 e. The maximum atomic E-state index is 5.77. The normalized spacial score (nSPS) is 34.3. The summed E-state index contributed by atoms with van der Waals surface area (Å²) >= 11 is 2.01. The lowest BCUT2D eigenvalue weighted by atomic mass is 10.0. The average molecular weight is 364 g/mol. The molecular formula is C18H29N5OS. The minimum absolute atomic E-state index is 0.0766. The molecule has 3 fully saturated rings. The van der Waals surface area contributed by atoms with Gasteiger partial charge in [0.05, 0.1) is 6.17 Å². The fourth-order valence-corrected chi connectivity index (χ4v) is 4.99. The number of hydrogen-bond acceptors (Lipinski definition) is 7. The molecule has 5 N–H and O–H groups in total. The van der Waals surface area contributed by atoms with Crippen molar-refractivity contribution in [3.8, 4) is 0 Å². The summed E-state index contributed by atoms with van der Waals surface area (Å²) in [5.74, 6) is 1.25. The average Bonchev–Trinajstić information content (AvgIpc) is 3.34. The second-order valence-corrected chi connectivity index (χ2v) is 8.42. The predicted octanol–water partition coefficient (Wildman–Crippen LogP) is 1.20. The molecule has 138 valence electrons. The molecule has 1 aromatic carbocycles. The predicted molar refractivity (Wildman–Crippen MR) is 102 cm³/mol. The standard InChI is InChI=1S/C18H29N5OS/c1-12(21-16-11-19-8-9-20-16)13-4-6-14(7-5-13)17-22-18(24-23-17)15-3-2-10-25-15/h4-7,12,15-23H,2-3,8-11H2,1H3/t12-,15?,16?,17?,18?/m1/s1. The second kappa shape index (κ2) is 8.35. The van der Waals surface area contributed by atoms with Gasteiger partial charge >= 0.3 is 0 Å². The molecule has 0 amide bonds. The third kappa shape index (κ3) is 4.36. The maximum Gasteiger partial charge on any atom is 0.143 e. The highest BCUT2D eigenvalue weighted by atomic mass is 32.2. The summed E-state index contributed by atoms with van der Waals surface area (Å²) in [5.41, 5.74) is 5.68. The number of nitrogens with one attached hydrogen (secondary N) is 5. The van der Waals surface area contributed by atoms with Gasteiger partial charge in [-0.2, -0.15) is 17.2 Å². The van der Waals surface area contributed by atoms with Crippen LogP contribution in [0.1, 0.15) is 43.1 Å². The Labute approximate surface area is 154 Å². The van der Waals surface area contributed by atoms with Crippen molar-refractivity contribution in [1.82, 2.24) is 26.7 Å². The number of hydroxylamine groups is 1. The molecule has 4 rings (SSSR count). The van der Waals surface area contributed by atoms with Gasteiger partial charge in [0.15, 0.2) is 0 Å². The summed E-state index contributed by atoms with van der Waals surface area (Å²) in [6.45, 7) is 5.25. The number of thioether (sulfide) groups is 1. The number of piperazine rings is 1. The molecule has 5 atom stereocenters. The van der Waals surface area contributed by atoms with E-state index in [1.807, 2.05) is 11.8 Å². The van der Waals surface area contributed by atoms with Crippen LogP contribution in [0.4, 0.5) is 0 Å². The van der Waals surface area contributed by atoms with Gasteiger partial charge < -0.3 is 5.32 Å². The molecule has 0 spiro atoms. The molecule has 3 saturated heterocycles. The Morgan fingerprint density at radius 1 is 1.24 bits per heavy atom. The van der Waals surface area contributed by atoms with Crippen molar-refractivity contribution in [3.05, 3.63) is 35.4 Å². The Hall–Kier alpha value is -0.670. The molecule has 3 aliphatic heterocycles. The van der Waals surface area contributed by atoms with Gasteiger partial charge in [0.2, 0.25) is 0 Å². The van der Waals surface area contributed by atoms with Crippen molar-refractivity contribution in [2.75, 3.05) is 25.4 Å². The molecule has 6 nitrogen and oxygen atoms in total. The van der Waals surface area contributed by atoms with E-state index in [0.717, 1.165) is 19.6 Å². The van der Waals surface area contributed by atoms with Gasteiger partial charge in [0, 0.05) is 30.9 Å². The van der Waals surface area contributed by atoms with Crippen molar-refractivity contribution in [3.63, 3.8) is 0 Å². The smallest absolute Gasteiger partial charge is 0.143 e. The first-order valence-electron chi connectivity index (χ1n) is 9.38. The van der Waals surface area contributed by atoms with Gasteiger partial charge in [-0.15, -0.1) is 0 Å². The molecular weight excluding hydrogens is 334 g/mol. The van der Waals surface area contributed by atoms with Crippen LogP contribution in [0, 0.1) is 0 Å². The monoisotopic (exact) mass is 363 g/mol. The van der Waals surface area contributed by atoms with Crippen LogP contribution in [0.15, 0.2) is 24.3 Å². The van der Waals surface area contributed by atoms with Crippen molar-refractivity contribution >= 4 is 11.8 Å². The van der Waals surface area contributed by atoms with Crippen molar-refractivity contribution in [2.24, 2.45) is 0 Å². The van der Waals surface area contributed by atoms with E-state index in [9.17, 15) is 0 Å². The molecule has 0 saturated carbocycles. The minimum Gasteiger partial charge on any atom is -0.313 e. The molecule has 4 unspecified atom stereocenters. The molecule has 0 radical (unpaired) electrons. The third-order valence-corrected chi connectivity index (χ3v) is 6.64. The van der Waals surface area contributed by atoms with E-state index in [1.54, 1.807) is 0 Å². The van der Waals surface area contributed by atoms with E-state index in [0.29, 0.717) is 17.5 Å². The van der Waals surface area contributed by atoms with Crippen LogP contribution in [0.2, 0.25) is 0 Å². The fourth-order valence-electron chi connectivity index (χ4n) is 3.71. The fraction of sp³-hybridized carbons (Fsp3) is 0.667. The summed E-state index contributed by atoms with van der Waals surface area (Å²) in [7, 11) is 0. The Bertz CT molecular complexity index is 545. The van der Waals surface area contributed by atoms with Crippen molar-refractivity contribution in [1.29, 1.82) is 0 Å². The van der Waals surface area contributed by atoms with Crippen LogP contribution < -0.4 is 26.7 Å². The molecule has 1 aromatic rings. The van der Waals surface area contributed by atoms with E-state index in [2.05, 4.69) is 57.9 Å². The van der Waals surface area contributed by atoms with Crippen LogP contribution in [0.5, 0.6) is 0 Å². The summed E-state index contributed by atoms with van der Waals surface area (Å²) in [6, 6.07) is 9.13. The first-order valence-corrected chi connectivity index (χ1v) is 10.4.